The second-order valence-electron chi connectivity index (χ2n) is 5.82. The average molecular weight is 396 g/mol. The van der Waals surface area contributed by atoms with Gasteiger partial charge in [-0.25, -0.2) is 13.4 Å². The smallest absolute Gasteiger partial charge is 0.267 e. The number of benzene rings is 3. The zero-order valence-corrected chi connectivity index (χ0v) is 16.0. The predicted molar refractivity (Wildman–Crippen MR) is 109 cm³/mol. The zero-order valence-electron chi connectivity index (χ0n) is 14.4. The van der Waals surface area contributed by atoms with E-state index in [2.05, 4.69) is 9.71 Å². The highest BCUT2D eigenvalue weighted by Crippen LogP contribution is 2.32. The van der Waals surface area contributed by atoms with Crippen molar-refractivity contribution >= 4 is 37.3 Å². The third-order valence-corrected chi connectivity index (χ3v) is 6.42. The number of hydrogen-bond acceptors (Lipinski definition) is 5. The van der Waals surface area contributed by atoms with Crippen molar-refractivity contribution in [3.63, 3.8) is 0 Å². The van der Waals surface area contributed by atoms with Gasteiger partial charge in [0.15, 0.2) is 5.13 Å². The Bertz CT molecular complexity index is 1210. The highest BCUT2D eigenvalue weighted by Gasteiger charge is 2.20. The van der Waals surface area contributed by atoms with Gasteiger partial charge in [-0.1, -0.05) is 54.6 Å². The molecule has 0 saturated carbocycles. The fraction of sp³-hybridized carbons (Fsp3) is 0.0500. The minimum absolute atomic E-state index is 0.0782. The Kier molecular flexibility index (Phi) is 4.55. The van der Waals surface area contributed by atoms with E-state index in [-0.39, 0.29) is 10.6 Å². The molecule has 0 aliphatic carbocycles. The molecule has 0 unspecified atom stereocenters. The van der Waals surface area contributed by atoms with Gasteiger partial charge in [0.25, 0.3) is 10.0 Å². The zero-order chi connectivity index (χ0) is 18.9. The maximum Gasteiger partial charge on any atom is 0.267 e. The van der Waals surface area contributed by atoms with Crippen LogP contribution in [0.25, 0.3) is 22.0 Å². The van der Waals surface area contributed by atoms with Crippen LogP contribution in [0.5, 0.6) is 5.75 Å². The SMILES string of the molecule is COc1ccccc1S(=O)(=O)Nc1nc(-c2cccc3ccccc23)cs1. The molecule has 0 spiro atoms. The van der Waals surface area contributed by atoms with Crippen LogP contribution < -0.4 is 9.46 Å². The first-order valence-corrected chi connectivity index (χ1v) is 10.5. The molecule has 0 fully saturated rings. The molecule has 136 valence electrons. The number of rotatable bonds is 5. The molecule has 0 saturated heterocycles. The van der Waals surface area contributed by atoms with Crippen molar-refractivity contribution in [3.05, 3.63) is 72.1 Å². The maximum atomic E-state index is 12.7. The summed E-state index contributed by atoms with van der Waals surface area (Å²) in [6.45, 7) is 0. The number of aromatic nitrogens is 1. The Morgan fingerprint density at radius 1 is 0.963 bits per heavy atom. The first-order chi connectivity index (χ1) is 13.1. The lowest BCUT2D eigenvalue weighted by atomic mass is 10.0. The van der Waals surface area contributed by atoms with Crippen LogP contribution in [0.4, 0.5) is 5.13 Å². The lowest BCUT2D eigenvalue weighted by Gasteiger charge is -2.09. The molecule has 3 aromatic carbocycles. The van der Waals surface area contributed by atoms with E-state index in [0.29, 0.717) is 5.13 Å². The van der Waals surface area contributed by atoms with Crippen LogP contribution in [0.2, 0.25) is 0 Å². The van der Waals surface area contributed by atoms with Gasteiger partial charge in [-0.3, -0.25) is 4.72 Å². The van der Waals surface area contributed by atoms with Gasteiger partial charge in [-0.2, -0.15) is 0 Å². The normalized spacial score (nSPS) is 11.4. The molecule has 0 radical (unpaired) electrons. The number of fused-ring (bicyclic) bond motifs is 1. The summed E-state index contributed by atoms with van der Waals surface area (Å²) in [6.07, 6.45) is 0. The molecule has 1 N–H and O–H groups in total. The van der Waals surface area contributed by atoms with Crippen molar-refractivity contribution in [2.45, 2.75) is 4.90 Å². The molecule has 5 nitrogen and oxygen atoms in total. The van der Waals surface area contributed by atoms with Crippen molar-refractivity contribution in [1.29, 1.82) is 0 Å². The van der Waals surface area contributed by atoms with Gasteiger partial charge in [0.2, 0.25) is 0 Å². The number of ether oxygens (including phenoxy) is 1. The molecular weight excluding hydrogens is 380 g/mol. The molecular formula is C20H16N2O3S2. The third-order valence-electron chi connectivity index (χ3n) is 4.15. The van der Waals surface area contributed by atoms with E-state index in [1.54, 1.807) is 18.2 Å². The van der Waals surface area contributed by atoms with Gasteiger partial charge in [-0.15, -0.1) is 11.3 Å². The summed E-state index contributed by atoms with van der Waals surface area (Å²) in [7, 11) is -2.35. The van der Waals surface area contributed by atoms with Crippen LogP contribution in [-0.2, 0) is 10.0 Å². The number of thiazole rings is 1. The molecule has 0 aliphatic rings. The summed E-state index contributed by atoms with van der Waals surface area (Å²) >= 11 is 1.25. The minimum Gasteiger partial charge on any atom is -0.495 e. The molecule has 7 heteroatoms. The van der Waals surface area contributed by atoms with E-state index < -0.39 is 10.0 Å². The Labute approximate surface area is 161 Å². The Hall–Kier alpha value is -2.90. The lowest BCUT2D eigenvalue weighted by molar-refractivity contribution is 0.403. The van der Waals surface area contributed by atoms with Crippen LogP contribution in [0.15, 0.2) is 77.0 Å². The van der Waals surface area contributed by atoms with E-state index >= 15 is 0 Å². The quantitative estimate of drug-likeness (QED) is 0.527. The number of sulfonamides is 1. The van der Waals surface area contributed by atoms with Gasteiger partial charge < -0.3 is 4.74 Å². The van der Waals surface area contributed by atoms with Gasteiger partial charge in [0.1, 0.15) is 10.6 Å². The lowest BCUT2D eigenvalue weighted by Crippen LogP contribution is -2.13. The molecule has 1 aromatic heterocycles. The summed E-state index contributed by atoms with van der Waals surface area (Å²) in [5, 5.41) is 4.34. The molecule has 0 bridgehead atoms. The second kappa shape index (κ2) is 7.02. The van der Waals surface area contributed by atoms with E-state index in [9.17, 15) is 8.42 Å². The number of para-hydroxylation sites is 1. The Morgan fingerprint density at radius 3 is 2.56 bits per heavy atom. The van der Waals surface area contributed by atoms with Crippen molar-refractivity contribution in [2.24, 2.45) is 0 Å². The van der Waals surface area contributed by atoms with Gasteiger partial charge in [-0.05, 0) is 22.9 Å². The first kappa shape index (κ1) is 17.5. The monoisotopic (exact) mass is 396 g/mol. The van der Waals surface area contributed by atoms with Crippen LogP contribution in [0, 0.1) is 0 Å². The van der Waals surface area contributed by atoms with Crippen LogP contribution in [0.3, 0.4) is 0 Å². The molecule has 4 rings (SSSR count). The number of nitrogens with zero attached hydrogens (tertiary/aromatic N) is 1. The van der Waals surface area contributed by atoms with E-state index in [1.807, 2.05) is 47.8 Å². The summed E-state index contributed by atoms with van der Waals surface area (Å²) in [6, 6.07) is 20.5. The topological polar surface area (TPSA) is 68.3 Å². The van der Waals surface area contributed by atoms with Crippen molar-refractivity contribution in [1.82, 2.24) is 4.98 Å². The van der Waals surface area contributed by atoms with Gasteiger partial charge in [0.05, 0.1) is 12.8 Å². The van der Waals surface area contributed by atoms with E-state index in [4.69, 9.17) is 4.74 Å². The summed E-state index contributed by atoms with van der Waals surface area (Å²) < 4.78 is 33.1. The van der Waals surface area contributed by atoms with Crippen molar-refractivity contribution in [3.8, 4) is 17.0 Å². The summed E-state index contributed by atoms with van der Waals surface area (Å²) in [5.74, 6) is 0.288. The fourth-order valence-corrected chi connectivity index (χ4v) is 5.04. The van der Waals surface area contributed by atoms with Crippen LogP contribution in [0.1, 0.15) is 0 Å². The largest absolute Gasteiger partial charge is 0.495 e. The summed E-state index contributed by atoms with van der Waals surface area (Å²) in [4.78, 5) is 4.56. The highest BCUT2D eigenvalue weighted by molar-refractivity contribution is 7.93. The van der Waals surface area contributed by atoms with Gasteiger partial charge >= 0.3 is 0 Å². The Morgan fingerprint density at radius 2 is 1.70 bits per heavy atom. The van der Waals surface area contributed by atoms with Crippen molar-refractivity contribution in [2.75, 3.05) is 11.8 Å². The minimum atomic E-state index is -3.79. The maximum absolute atomic E-state index is 12.7. The van der Waals surface area contributed by atoms with Crippen molar-refractivity contribution < 1.29 is 13.2 Å². The number of anilines is 1. The molecule has 1 heterocycles. The Balaban J connectivity index is 1.69. The highest BCUT2D eigenvalue weighted by atomic mass is 32.2. The fourth-order valence-electron chi connectivity index (χ4n) is 2.90. The standard InChI is InChI=1S/C20H16N2O3S2/c1-25-18-11-4-5-12-19(18)27(23,24)22-20-21-17(13-26-20)16-10-6-8-14-7-2-3-9-15(14)16/h2-13H,1H3,(H,21,22). The molecule has 0 atom stereocenters. The van der Waals surface area contributed by atoms with Gasteiger partial charge in [0, 0.05) is 10.9 Å². The number of nitrogens with one attached hydrogen (secondary N) is 1. The van der Waals surface area contributed by atoms with E-state index in [0.717, 1.165) is 22.0 Å². The van der Waals surface area contributed by atoms with E-state index in [1.165, 1.54) is 24.5 Å². The summed E-state index contributed by atoms with van der Waals surface area (Å²) in [5.41, 5.74) is 1.70. The molecule has 0 amide bonds. The number of methoxy groups -OCH3 is 1. The van der Waals surface area contributed by atoms with Crippen LogP contribution in [-0.4, -0.2) is 20.5 Å². The predicted octanol–water partition coefficient (Wildman–Crippen LogP) is 4.77. The molecule has 0 aliphatic heterocycles. The third kappa shape index (κ3) is 3.39. The second-order valence-corrected chi connectivity index (χ2v) is 8.33. The first-order valence-electron chi connectivity index (χ1n) is 8.18. The van der Waals surface area contributed by atoms with Crippen LogP contribution >= 0.6 is 11.3 Å². The molecule has 27 heavy (non-hydrogen) atoms. The molecule has 4 aromatic rings. The average Bonchev–Trinajstić information content (AvgIpc) is 3.15. The number of hydrogen-bond donors (Lipinski definition) is 1.